The topological polar surface area (TPSA) is 25.2 Å². The van der Waals surface area contributed by atoms with E-state index in [4.69, 9.17) is 4.42 Å². The minimum Gasteiger partial charge on any atom is -0.472 e. The number of nitrogens with one attached hydrogen (secondary N) is 1. The molecule has 17 heavy (non-hydrogen) atoms. The molecule has 0 aliphatic heterocycles. The summed E-state index contributed by atoms with van der Waals surface area (Å²) in [7, 11) is 2.10. The molecule has 1 heterocycles. The fraction of sp³-hybridized carbons (Fsp3) is 0.733. The summed E-state index contributed by atoms with van der Waals surface area (Å²) in [5.41, 5.74) is 1.53. The lowest BCUT2D eigenvalue weighted by Crippen LogP contribution is -2.47. The molecule has 96 valence electrons. The first-order chi connectivity index (χ1) is 8.05. The predicted molar refractivity (Wildman–Crippen MR) is 71.1 cm³/mol. The van der Waals surface area contributed by atoms with Gasteiger partial charge in [-0.2, -0.15) is 0 Å². The second-order valence-electron chi connectivity index (χ2n) is 6.15. The lowest BCUT2D eigenvalue weighted by molar-refractivity contribution is 0.151. The highest BCUT2D eigenvalue weighted by Gasteiger charge is 2.39. The Morgan fingerprint density at radius 3 is 2.71 bits per heavy atom. The number of hydrogen-bond donors (Lipinski definition) is 1. The Morgan fingerprint density at radius 2 is 2.12 bits per heavy atom. The summed E-state index contributed by atoms with van der Waals surface area (Å²) in [6, 6.07) is 2.74. The van der Waals surface area contributed by atoms with Crippen LogP contribution >= 0.6 is 0 Å². The smallest absolute Gasteiger partial charge is 0.0940 e. The summed E-state index contributed by atoms with van der Waals surface area (Å²) >= 11 is 0. The Balaban J connectivity index is 2.20. The first-order valence-corrected chi connectivity index (χ1v) is 6.75. The first-order valence-electron chi connectivity index (χ1n) is 6.75. The van der Waals surface area contributed by atoms with Crippen LogP contribution in [-0.4, -0.2) is 13.1 Å². The van der Waals surface area contributed by atoms with E-state index in [1.54, 1.807) is 6.26 Å². The van der Waals surface area contributed by atoms with Gasteiger partial charge in [-0.1, -0.05) is 27.2 Å². The summed E-state index contributed by atoms with van der Waals surface area (Å²) in [4.78, 5) is 0. The van der Waals surface area contributed by atoms with Crippen LogP contribution in [0.5, 0.6) is 0 Å². The summed E-state index contributed by atoms with van der Waals surface area (Å²) in [5, 5.41) is 3.52. The molecule has 0 radical (unpaired) electrons. The molecule has 1 fully saturated rings. The number of hydrogen-bond acceptors (Lipinski definition) is 2. The van der Waals surface area contributed by atoms with E-state index in [9.17, 15) is 0 Å². The average molecular weight is 235 g/mol. The van der Waals surface area contributed by atoms with Gasteiger partial charge in [0, 0.05) is 6.04 Å². The molecule has 1 saturated carbocycles. The van der Waals surface area contributed by atoms with Gasteiger partial charge in [-0.25, -0.2) is 0 Å². The van der Waals surface area contributed by atoms with Gasteiger partial charge >= 0.3 is 0 Å². The van der Waals surface area contributed by atoms with E-state index in [2.05, 4.69) is 39.2 Å². The summed E-state index contributed by atoms with van der Waals surface area (Å²) in [5.74, 6) is 1.55. The van der Waals surface area contributed by atoms with Gasteiger partial charge in [0.05, 0.1) is 12.5 Å². The van der Waals surface area contributed by atoms with Crippen molar-refractivity contribution in [1.29, 1.82) is 0 Å². The summed E-state index contributed by atoms with van der Waals surface area (Å²) in [6.07, 6.45) is 7.65. The zero-order chi connectivity index (χ0) is 12.5. The van der Waals surface area contributed by atoms with E-state index in [1.807, 2.05) is 6.26 Å². The Morgan fingerprint density at radius 1 is 1.35 bits per heavy atom. The maximum atomic E-state index is 5.26. The van der Waals surface area contributed by atoms with Gasteiger partial charge in [0.15, 0.2) is 0 Å². The lowest BCUT2D eigenvalue weighted by atomic mass is 9.64. The first kappa shape index (κ1) is 12.7. The fourth-order valence-electron chi connectivity index (χ4n) is 3.41. The van der Waals surface area contributed by atoms with Crippen molar-refractivity contribution in [1.82, 2.24) is 5.32 Å². The molecule has 0 amide bonds. The normalized spacial score (nSPS) is 30.5. The van der Waals surface area contributed by atoms with Crippen LogP contribution in [0.2, 0.25) is 0 Å². The lowest BCUT2D eigenvalue weighted by Gasteiger charge is -2.44. The van der Waals surface area contributed by atoms with Gasteiger partial charge in [0.1, 0.15) is 0 Å². The minimum absolute atomic E-state index is 0.195. The van der Waals surface area contributed by atoms with Gasteiger partial charge in [-0.3, -0.25) is 0 Å². The van der Waals surface area contributed by atoms with Gasteiger partial charge in [0.25, 0.3) is 0 Å². The molecule has 0 aromatic carbocycles. The predicted octanol–water partition coefficient (Wildman–Crippen LogP) is 3.58. The highest BCUT2D eigenvalue weighted by atomic mass is 16.3. The van der Waals surface area contributed by atoms with Crippen LogP contribution in [-0.2, 0) is 5.41 Å². The van der Waals surface area contributed by atoms with Gasteiger partial charge in [-0.05, 0) is 48.8 Å². The van der Waals surface area contributed by atoms with Crippen LogP contribution in [0, 0.1) is 11.8 Å². The Bertz CT molecular complexity index is 342. The molecule has 3 atom stereocenters. The zero-order valence-corrected chi connectivity index (χ0v) is 11.5. The van der Waals surface area contributed by atoms with Crippen molar-refractivity contribution in [2.45, 2.75) is 51.5 Å². The highest BCUT2D eigenvalue weighted by molar-refractivity contribution is 5.20. The molecule has 0 spiro atoms. The van der Waals surface area contributed by atoms with Crippen molar-refractivity contribution in [2.24, 2.45) is 11.8 Å². The standard InChI is InChI=1S/C15H25NO/c1-11-5-6-13(14(9-11)16-4)15(2,3)12-7-8-17-10-12/h7-8,10-11,13-14,16H,5-6,9H2,1-4H3. The monoisotopic (exact) mass is 235 g/mol. The van der Waals surface area contributed by atoms with E-state index >= 15 is 0 Å². The van der Waals surface area contributed by atoms with Gasteiger partial charge in [-0.15, -0.1) is 0 Å². The van der Waals surface area contributed by atoms with E-state index in [-0.39, 0.29) is 5.41 Å². The van der Waals surface area contributed by atoms with E-state index < -0.39 is 0 Å². The van der Waals surface area contributed by atoms with Crippen LogP contribution in [0.25, 0.3) is 0 Å². The maximum absolute atomic E-state index is 5.26. The molecule has 1 aliphatic carbocycles. The molecule has 2 nitrogen and oxygen atoms in total. The molecule has 0 saturated heterocycles. The average Bonchev–Trinajstić information content (AvgIpc) is 2.82. The third kappa shape index (κ3) is 2.42. The van der Waals surface area contributed by atoms with Crippen LogP contribution in [0.15, 0.2) is 23.0 Å². The zero-order valence-electron chi connectivity index (χ0n) is 11.5. The molecular formula is C15H25NO. The molecule has 1 aromatic heterocycles. The van der Waals surface area contributed by atoms with Crippen LogP contribution in [0.1, 0.15) is 45.6 Å². The maximum Gasteiger partial charge on any atom is 0.0940 e. The van der Waals surface area contributed by atoms with Crippen molar-refractivity contribution >= 4 is 0 Å². The Kier molecular flexibility index (Phi) is 3.62. The van der Waals surface area contributed by atoms with E-state index in [0.29, 0.717) is 12.0 Å². The SMILES string of the molecule is CNC1CC(C)CCC1C(C)(C)c1ccoc1. The molecule has 1 N–H and O–H groups in total. The molecule has 1 aromatic rings. The quantitative estimate of drug-likeness (QED) is 0.866. The molecule has 2 rings (SSSR count). The molecule has 2 heteroatoms. The number of rotatable bonds is 3. The van der Waals surface area contributed by atoms with Crippen molar-refractivity contribution < 1.29 is 4.42 Å². The fourth-order valence-corrected chi connectivity index (χ4v) is 3.41. The molecular weight excluding hydrogens is 210 g/mol. The van der Waals surface area contributed by atoms with Crippen LogP contribution in [0.3, 0.4) is 0 Å². The molecule has 1 aliphatic rings. The Labute approximate surface area is 105 Å². The van der Waals surface area contributed by atoms with Crippen LogP contribution in [0.4, 0.5) is 0 Å². The minimum atomic E-state index is 0.195. The second kappa shape index (κ2) is 4.85. The second-order valence-corrected chi connectivity index (χ2v) is 6.15. The van der Waals surface area contributed by atoms with Crippen LogP contribution < -0.4 is 5.32 Å². The largest absolute Gasteiger partial charge is 0.472 e. The molecule has 0 bridgehead atoms. The van der Waals surface area contributed by atoms with Crippen molar-refractivity contribution in [3.05, 3.63) is 24.2 Å². The highest BCUT2D eigenvalue weighted by Crippen LogP contribution is 2.42. The van der Waals surface area contributed by atoms with E-state index in [0.717, 1.165) is 5.92 Å². The third-order valence-electron chi connectivity index (χ3n) is 4.68. The van der Waals surface area contributed by atoms with Crippen molar-refractivity contribution in [3.8, 4) is 0 Å². The Hall–Kier alpha value is -0.760. The van der Waals surface area contributed by atoms with Gasteiger partial charge < -0.3 is 9.73 Å². The van der Waals surface area contributed by atoms with E-state index in [1.165, 1.54) is 24.8 Å². The summed E-state index contributed by atoms with van der Waals surface area (Å²) < 4.78 is 5.26. The van der Waals surface area contributed by atoms with Crippen molar-refractivity contribution in [3.63, 3.8) is 0 Å². The third-order valence-corrected chi connectivity index (χ3v) is 4.68. The van der Waals surface area contributed by atoms with Crippen molar-refractivity contribution in [2.75, 3.05) is 7.05 Å². The summed E-state index contributed by atoms with van der Waals surface area (Å²) in [6.45, 7) is 7.07. The number of furan rings is 1. The van der Waals surface area contributed by atoms with Gasteiger partial charge in [0.2, 0.25) is 0 Å². The molecule has 3 unspecified atom stereocenters.